The van der Waals surface area contributed by atoms with Crippen molar-refractivity contribution in [1.29, 1.82) is 0 Å². The summed E-state index contributed by atoms with van der Waals surface area (Å²) in [6.45, 7) is 9.67. The maximum Gasteiger partial charge on any atom is 3.00 e. The molecule has 0 bridgehead atoms. The molecule has 0 fully saturated rings. The van der Waals surface area contributed by atoms with Crippen LogP contribution in [0.4, 0.5) is 0 Å². The van der Waals surface area contributed by atoms with Crippen molar-refractivity contribution in [2.75, 3.05) is 0 Å². The van der Waals surface area contributed by atoms with Gasteiger partial charge in [-0.1, -0.05) is 38.3 Å². The van der Waals surface area contributed by atoms with Gasteiger partial charge in [0.2, 0.25) is 0 Å². The van der Waals surface area contributed by atoms with Crippen LogP contribution in [0.25, 0.3) is 0 Å². The molecule has 0 spiro atoms. The van der Waals surface area contributed by atoms with Crippen molar-refractivity contribution in [3.63, 3.8) is 0 Å². The molecule has 1 heteroatoms. The summed E-state index contributed by atoms with van der Waals surface area (Å²) in [6, 6.07) is 28.3. The Balaban J connectivity index is 0.000000327. The van der Waals surface area contributed by atoms with Crippen molar-refractivity contribution in [2.45, 2.75) is 26.2 Å². The Labute approximate surface area is 167 Å². The molecule has 0 heterocycles. The van der Waals surface area contributed by atoms with E-state index in [1.807, 2.05) is 60.7 Å². The van der Waals surface area contributed by atoms with Crippen LogP contribution >= 0.6 is 0 Å². The van der Waals surface area contributed by atoms with E-state index in [2.05, 4.69) is 45.0 Å². The number of hydrogen-bond acceptors (Lipinski definition) is 0. The summed E-state index contributed by atoms with van der Waals surface area (Å²) >= 11 is 0. The molecule has 1 radical (unpaired) electrons. The van der Waals surface area contributed by atoms with Crippen LogP contribution in [0.3, 0.4) is 0 Å². The molecule has 123 valence electrons. The third-order valence-corrected chi connectivity index (χ3v) is 3.24. The third-order valence-electron chi connectivity index (χ3n) is 3.24. The fourth-order valence-electron chi connectivity index (χ4n) is 1.92. The van der Waals surface area contributed by atoms with Gasteiger partial charge < -0.3 is 0 Å². The Kier molecular flexibility index (Phi) is 14.0. The molecule has 0 aliphatic carbocycles. The van der Waals surface area contributed by atoms with Crippen molar-refractivity contribution >= 4 is 0 Å². The summed E-state index contributed by atoms with van der Waals surface area (Å²) in [5.74, 6) is 0. The molecule has 0 aliphatic rings. The first-order valence-electron chi connectivity index (χ1n) is 8.17. The van der Waals surface area contributed by atoms with Gasteiger partial charge in [-0.15, -0.1) is 24.3 Å². The maximum atomic E-state index is 3.72. The zero-order valence-corrected chi connectivity index (χ0v) is 17.1. The number of hydrogen-bond donors (Lipinski definition) is 0. The number of aryl methyl sites for hydroxylation is 1. The van der Waals surface area contributed by atoms with Gasteiger partial charge in [0.15, 0.2) is 0 Å². The number of unbranched alkanes of at least 4 members (excludes halogenated alkanes) is 1. The molecule has 24 heavy (non-hydrogen) atoms. The minimum atomic E-state index is 0. The second kappa shape index (κ2) is 15.0. The van der Waals surface area contributed by atoms with Gasteiger partial charge in [-0.2, -0.15) is 66.9 Å². The normalized spacial score (nSPS) is 8.71. The topological polar surface area (TPSA) is 0 Å². The molecule has 0 amide bonds. The van der Waals surface area contributed by atoms with Gasteiger partial charge in [0.1, 0.15) is 0 Å². The van der Waals surface area contributed by atoms with E-state index in [4.69, 9.17) is 0 Å². The first-order valence-corrected chi connectivity index (χ1v) is 8.17. The predicted octanol–water partition coefficient (Wildman–Crippen LogP) is 6.48. The smallest absolute Gasteiger partial charge is 0.213 e. The maximum absolute atomic E-state index is 3.72. The molecule has 0 unspecified atom stereocenters. The van der Waals surface area contributed by atoms with Crippen molar-refractivity contribution in [1.82, 2.24) is 0 Å². The van der Waals surface area contributed by atoms with Crippen LogP contribution in [-0.4, -0.2) is 0 Å². The molecular weight excluding hydrogens is 367 g/mol. The van der Waals surface area contributed by atoms with Crippen LogP contribution in [-0.2, 0) is 32.6 Å². The zero-order valence-electron chi connectivity index (χ0n) is 14.6. The molecule has 3 aromatic rings. The standard InChI is InChI=1S/C9H13.2C7H7.Zr/c1-2-3-6-9-7-4-5-8-9;2*1-7-5-3-2-4-6-7;/h4-5,7-8H,2-3,6H2,1H3;2*2-6H,1H2;/q3*-1;+3. The van der Waals surface area contributed by atoms with Crippen LogP contribution in [0.2, 0.25) is 0 Å². The van der Waals surface area contributed by atoms with Crippen molar-refractivity contribution in [3.8, 4) is 0 Å². The number of benzene rings is 2. The molecule has 0 N–H and O–H groups in total. The number of rotatable bonds is 3. The predicted molar refractivity (Wildman–Crippen MR) is 102 cm³/mol. The fourth-order valence-corrected chi connectivity index (χ4v) is 1.92. The Morgan fingerprint density at radius 3 is 1.42 bits per heavy atom. The SMILES string of the molecule is CCCC[c-]1cccc1.[CH2-]c1ccccc1.[CH2-]c1ccccc1.[Zr+3]. The minimum Gasteiger partial charge on any atom is -0.213 e. The molecule has 3 aromatic carbocycles. The summed E-state index contributed by atoms with van der Waals surface area (Å²) in [5, 5.41) is 0. The van der Waals surface area contributed by atoms with Gasteiger partial charge in [-0.25, -0.2) is 12.1 Å². The van der Waals surface area contributed by atoms with Crippen LogP contribution in [0.1, 0.15) is 36.5 Å². The molecule has 3 rings (SSSR count). The van der Waals surface area contributed by atoms with Gasteiger partial charge >= 0.3 is 26.2 Å². The summed E-state index contributed by atoms with van der Waals surface area (Å²) in [6.07, 6.45) is 3.87. The second-order valence-corrected chi connectivity index (χ2v) is 5.37. The summed E-state index contributed by atoms with van der Waals surface area (Å²) in [5.41, 5.74) is 3.63. The average molecular weight is 395 g/mol. The van der Waals surface area contributed by atoms with E-state index in [1.165, 1.54) is 24.8 Å². The fraction of sp³-hybridized carbons (Fsp3) is 0.174. The van der Waals surface area contributed by atoms with E-state index in [9.17, 15) is 0 Å². The van der Waals surface area contributed by atoms with Gasteiger partial charge in [-0.3, -0.25) is 0 Å². The molecular formula is C23H27Zr. The van der Waals surface area contributed by atoms with Gasteiger partial charge in [0.25, 0.3) is 0 Å². The Hall–Kier alpha value is -1.59. The Morgan fingerprint density at radius 2 is 1.12 bits per heavy atom. The second-order valence-electron chi connectivity index (χ2n) is 5.37. The van der Waals surface area contributed by atoms with Crippen molar-refractivity contribution in [2.24, 2.45) is 0 Å². The molecule has 0 aromatic heterocycles. The van der Waals surface area contributed by atoms with Crippen molar-refractivity contribution < 1.29 is 26.2 Å². The third kappa shape index (κ3) is 11.9. The summed E-state index contributed by atoms with van der Waals surface area (Å²) in [7, 11) is 0. The molecule has 0 atom stereocenters. The van der Waals surface area contributed by atoms with E-state index in [0.717, 1.165) is 11.1 Å². The van der Waals surface area contributed by atoms with Crippen LogP contribution < -0.4 is 0 Å². The van der Waals surface area contributed by atoms with Crippen LogP contribution in [0, 0.1) is 13.8 Å². The summed E-state index contributed by atoms with van der Waals surface area (Å²) in [4.78, 5) is 0. The van der Waals surface area contributed by atoms with E-state index in [1.54, 1.807) is 0 Å². The van der Waals surface area contributed by atoms with E-state index >= 15 is 0 Å². The first-order chi connectivity index (χ1) is 11.2. The van der Waals surface area contributed by atoms with Crippen LogP contribution in [0.15, 0.2) is 84.9 Å². The van der Waals surface area contributed by atoms with Gasteiger partial charge in [0, 0.05) is 0 Å². The molecule has 0 aliphatic heterocycles. The largest absolute Gasteiger partial charge is 3.00 e. The van der Waals surface area contributed by atoms with E-state index in [-0.39, 0.29) is 26.2 Å². The molecule has 0 saturated carbocycles. The summed E-state index contributed by atoms with van der Waals surface area (Å²) < 4.78 is 0. The first kappa shape index (κ1) is 22.4. The van der Waals surface area contributed by atoms with E-state index < -0.39 is 0 Å². The monoisotopic (exact) mass is 393 g/mol. The quantitative estimate of drug-likeness (QED) is 0.446. The zero-order chi connectivity index (χ0) is 16.8. The minimum absolute atomic E-state index is 0. The van der Waals surface area contributed by atoms with Gasteiger partial charge in [-0.05, 0) is 0 Å². The molecule has 0 nitrogen and oxygen atoms in total. The van der Waals surface area contributed by atoms with E-state index in [0.29, 0.717) is 0 Å². The van der Waals surface area contributed by atoms with Gasteiger partial charge in [0.05, 0.1) is 0 Å². The average Bonchev–Trinajstić information content (AvgIpc) is 3.09. The van der Waals surface area contributed by atoms with Crippen LogP contribution in [0.5, 0.6) is 0 Å². The van der Waals surface area contributed by atoms with Crippen molar-refractivity contribution in [3.05, 3.63) is 115 Å². The Morgan fingerprint density at radius 1 is 0.708 bits per heavy atom. The molecule has 0 saturated heterocycles. The Bertz CT molecular complexity index is 545.